The molecule has 1 aliphatic rings. The summed E-state index contributed by atoms with van der Waals surface area (Å²) in [5, 5.41) is 3.24. The number of terminal acetylenes is 1. The minimum absolute atomic E-state index is 0.211. The molecule has 3 nitrogen and oxygen atoms in total. The van der Waals surface area contributed by atoms with Crippen molar-refractivity contribution in [2.75, 3.05) is 25.0 Å². The van der Waals surface area contributed by atoms with Crippen LogP contribution in [0.15, 0.2) is 24.3 Å². The van der Waals surface area contributed by atoms with Gasteiger partial charge >= 0.3 is 6.36 Å². The van der Waals surface area contributed by atoms with Gasteiger partial charge in [-0.15, -0.1) is 19.6 Å². The standard InChI is InChI=1S/C15H17F3N2O/c1-2-8-20-9-6-12(7-10-20)19-13-4-3-5-14(11-13)21-15(16,17)18/h1,3-5,11-12,19H,6-10H2. The van der Waals surface area contributed by atoms with Crippen LogP contribution in [0, 0.1) is 12.3 Å². The number of piperidine rings is 1. The van der Waals surface area contributed by atoms with Gasteiger partial charge in [0.15, 0.2) is 0 Å². The monoisotopic (exact) mass is 298 g/mol. The Hall–Kier alpha value is -1.87. The van der Waals surface area contributed by atoms with E-state index < -0.39 is 6.36 Å². The molecule has 1 saturated heterocycles. The van der Waals surface area contributed by atoms with E-state index in [1.54, 1.807) is 6.07 Å². The second kappa shape index (κ2) is 6.72. The Balaban J connectivity index is 1.89. The van der Waals surface area contributed by atoms with Gasteiger partial charge in [0, 0.05) is 30.9 Å². The number of halogens is 3. The number of anilines is 1. The molecule has 1 aliphatic heterocycles. The zero-order valence-electron chi connectivity index (χ0n) is 11.5. The maximum atomic E-state index is 12.2. The fraction of sp³-hybridized carbons (Fsp3) is 0.467. The number of alkyl halides is 3. The van der Waals surface area contributed by atoms with E-state index in [0.29, 0.717) is 12.2 Å². The van der Waals surface area contributed by atoms with Crippen LogP contribution in [0.4, 0.5) is 18.9 Å². The highest BCUT2D eigenvalue weighted by atomic mass is 19.4. The third kappa shape index (κ3) is 5.20. The summed E-state index contributed by atoms with van der Waals surface area (Å²) in [6.45, 7) is 2.42. The van der Waals surface area contributed by atoms with Gasteiger partial charge in [0.25, 0.3) is 0 Å². The lowest BCUT2D eigenvalue weighted by molar-refractivity contribution is -0.274. The fourth-order valence-corrected chi connectivity index (χ4v) is 2.38. The van der Waals surface area contributed by atoms with Crippen molar-refractivity contribution >= 4 is 5.69 Å². The number of nitrogens with zero attached hydrogens (tertiary/aromatic N) is 1. The molecule has 1 aromatic rings. The number of ether oxygens (including phenoxy) is 1. The second-order valence-corrected chi connectivity index (χ2v) is 4.97. The SMILES string of the molecule is C#CCN1CCC(Nc2cccc(OC(F)(F)F)c2)CC1. The van der Waals surface area contributed by atoms with Gasteiger partial charge < -0.3 is 10.1 Å². The van der Waals surface area contributed by atoms with Gasteiger partial charge in [-0.05, 0) is 25.0 Å². The van der Waals surface area contributed by atoms with E-state index in [-0.39, 0.29) is 11.8 Å². The largest absolute Gasteiger partial charge is 0.573 e. The minimum atomic E-state index is -4.67. The zero-order valence-corrected chi connectivity index (χ0v) is 11.5. The molecule has 0 unspecified atom stereocenters. The first kappa shape index (κ1) is 15.5. The van der Waals surface area contributed by atoms with E-state index in [1.165, 1.54) is 18.2 Å². The van der Waals surface area contributed by atoms with Crippen LogP contribution in [0.2, 0.25) is 0 Å². The molecule has 114 valence electrons. The molecule has 1 heterocycles. The van der Waals surface area contributed by atoms with Gasteiger partial charge in [0.1, 0.15) is 5.75 Å². The van der Waals surface area contributed by atoms with Gasteiger partial charge in [0.2, 0.25) is 0 Å². The highest BCUT2D eigenvalue weighted by Gasteiger charge is 2.31. The Kier molecular flexibility index (Phi) is 4.97. The van der Waals surface area contributed by atoms with Crippen molar-refractivity contribution in [1.82, 2.24) is 4.90 Å². The van der Waals surface area contributed by atoms with Crippen molar-refractivity contribution in [1.29, 1.82) is 0 Å². The number of rotatable bonds is 4. The second-order valence-electron chi connectivity index (χ2n) is 4.97. The van der Waals surface area contributed by atoms with Crippen LogP contribution in [0.3, 0.4) is 0 Å². The van der Waals surface area contributed by atoms with Crippen LogP contribution in [0.5, 0.6) is 5.75 Å². The molecular weight excluding hydrogens is 281 g/mol. The quantitative estimate of drug-likeness (QED) is 0.865. The number of likely N-dealkylation sites (tertiary alicyclic amines) is 1. The molecule has 21 heavy (non-hydrogen) atoms. The highest BCUT2D eigenvalue weighted by molar-refractivity contribution is 5.49. The van der Waals surface area contributed by atoms with Crippen LogP contribution in [0.25, 0.3) is 0 Å². The molecule has 0 atom stereocenters. The average Bonchev–Trinajstić information content (AvgIpc) is 2.40. The van der Waals surface area contributed by atoms with E-state index in [2.05, 4.69) is 20.9 Å². The van der Waals surface area contributed by atoms with Crippen LogP contribution in [-0.4, -0.2) is 36.9 Å². The van der Waals surface area contributed by atoms with Gasteiger partial charge in [-0.3, -0.25) is 4.90 Å². The average molecular weight is 298 g/mol. The maximum absolute atomic E-state index is 12.2. The van der Waals surface area contributed by atoms with Crippen molar-refractivity contribution in [2.45, 2.75) is 25.2 Å². The number of benzene rings is 1. The van der Waals surface area contributed by atoms with Crippen LogP contribution < -0.4 is 10.1 Å². The predicted molar refractivity (Wildman–Crippen MR) is 75.0 cm³/mol. The van der Waals surface area contributed by atoms with Crippen molar-refractivity contribution in [3.05, 3.63) is 24.3 Å². The van der Waals surface area contributed by atoms with Crippen LogP contribution in [0.1, 0.15) is 12.8 Å². The van der Waals surface area contributed by atoms with Crippen molar-refractivity contribution in [3.63, 3.8) is 0 Å². The maximum Gasteiger partial charge on any atom is 0.573 e. The Morgan fingerprint density at radius 2 is 2.05 bits per heavy atom. The molecule has 0 aromatic heterocycles. The molecule has 1 fully saturated rings. The number of hydrogen-bond acceptors (Lipinski definition) is 3. The Morgan fingerprint density at radius 3 is 2.67 bits per heavy atom. The van der Waals surface area contributed by atoms with Gasteiger partial charge in [-0.1, -0.05) is 12.0 Å². The normalized spacial score (nSPS) is 17.2. The molecule has 1 aromatic carbocycles. The topological polar surface area (TPSA) is 24.5 Å². The van der Waals surface area contributed by atoms with E-state index in [9.17, 15) is 13.2 Å². The molecular formula is C15H17F3N2O. The Bertz CT molecular complexity index is 502. The molecule has 0 aliphatic carbocycles. The summed E-state index contributed by atoms with van der Waals surface area (Å²) in [5.74, 6) is 2.40. The summed E-state index contributed by atoms with van der Waals surface area (Å²) in [7, 11) is 0. The Labute approximate surface area is 122 Å². The first-order valence-electron chi connectivity index (χ1n) is 6.74. The molecule has 2 rings (SSSR count). The van der Waals surface area contributed by atoms with Gasteiger partial charge in [-0.2, -0.15) is 0 Å². The van der Waals surface area contributed by atoms with Crippen LogP contribution in [-0.2, 0) is 0 Å². The third-order valence-electron chi connectivity index (χ3n) is 3.34. The van der Waals surface area contributed by atoms with E-state index in [1.807, 2.05) is 0 Å². The highest BCUT2D eigenvalue weighted by Crippen LogP contribution is 2.26. The Morgan fingerprint density at radius 1 is 1.33 bits per heavy atom. The van der Waals surface area contributed by atoms with Crippen molar-refractivity contribution in [2.24, 2.45) is 0 Å². The molecule has 0 radical (unpaired) electrons. The lowest BCUT2D eigenvalue weighted by Crippen LogP contribution is -2.39. The lowest BCUT2D eigenvalue weighted by Gasteiger charge is -2.31. The summed E-state index contributed by atoms with van der Waals surface area (Å²) >= 11 is 0. The fourth-order valence-electron chi connectivity index (χ4n) is 2.38. The molecule has 0 spiro atoms. The predicted octanol–water partition coefficient (Wildman–Crippen LogP) is 3.09. The minimum Gasteiger partial charge on any atom is -0.406 e. The zero-order chi connectivity index (χ0) is 15.3. The first-order chi connectivity index (χ1) is 9.96. The van der Waals surface area contributed by atoms with E-state index in [0.717, 1.165) is 25.9 Å². The summed E-state index contributed by atoms with van der Waals surface area (Å²) in [6, 6.07) is 6.16. The lowest BCUT2D eigenvalue weighted by atomic mass is 10.0. The summed E-state index contributed by atoms with van der Waals surface area (Å²) in [6.07, 6.45) is 2.42. The van der Waals surface area contributed by atoms with Gasteiger partial charge in [0.05, 0.1) is 6.54 Å². The first-order valence-corrected chi connectivity index (χ1v) is 6.74. The molecule has 0 amide bonds. The molecule has 0 saturated carbocycles. The van der Waals surface area contributed by atoms with E-state index >= 15 is 0 Å². The summed E-state index contributed by atoms with van der Waals surface area (Å²) in [5.41, 5.74) is 0.632. The number of hydrogen-bond donors (Lipinski definition) is 1. The smallest absolute Gasteiger partial charge is 0.406 e. The molecule has 0 bridgehead atoms. The molecule has 6 heteroatoms. The summed E-state index contributed by atoms with van der Waals surface area (Å²) < 4.78 is 40.5. The van der Waals surface area contributed by atoms with Crippen molar-refractivity contribution < 1.29 is 17.9 Å². The van der Waals surface area contributed by atoms with E-state index in [4.69, 9.17) is 6.42 Å². The third-order valence-corrected chi connectivity index (χ3v) is 3.34. The molecule has 1 N–H and O–H groups in total. The van der Waals surface area contributed by atoms with Gasteiger partial charge in [-0.25, -0.2) is 0 Å². The summed E-state index contributed by atoms with van der Waals surface area (Å²) in [4.78, 5) is 2.18. The number of nitrogens with one attached hydrogen (secondary N) is 1. The van der Waals surface area contributed by atoms with Crippen LogP contribution >= 0.6 is 0 Å². The van der Waals surface area contributed by atoms with Crippen molar-refractivity contribution in [3.8, 4) is 18.1 Å².